The number of hydrogen-bond acceptors (Lipinski definition) is 7. The predicted molar refractivity (Wildman–Crippen MR) is 148 cm³/mol. The molecule has 0 bridgehead atoms. The van der Waals surface area contributed by atoms with E-state index in [1.807, 2.05) is 83.8 Å². The van der Waals surface area contributed by atoms with Crippen LogP contribution in [0.4, 0.5) is 11.4 Å². The van der Waals surface area contributed by atoms with Crippen LogP contribution in [0.1, 0.15) is 11.1 Å². The molecule has 0 unspecified atom stereocenters. The summed E-state index contributed by atoms with van der Waals surface area (Å²) in [4.78, 5) is 31.6. The van der Waals surface area contributed by atoms with Crippen LogP contribution in [0.15, 0.2) is 100 Å². The molecule has 3 aliphatic heterocycles. The molecule has 8 nitrogen and oxygen atoms in total. The van der Waals surface area contributed by atoms with Crippen molar-refractivity contribution in [2.75, 3.05) is 39.8 Å². The minimum absolute atomic E-state index is 0.0610. The summed E-state index contributed by atoms with van der Waals surface area (Å²) in [5.74, 6) is 1.72. The van der Waals surface area contributed by atoms with Gasteiger partial charge in [-0.2, -0.15) is 0 Å². The zero-order valence-electron chi connectivity index (χ0n) is 21.1. The van der Waals surface area contributed by atoms with Crippen LogP contribution >= 0.6 is 0 Å². The fourth-order valence-electron chi connectivity index (χ4n) is 4.55. The molecule has 0 spiro atoms. The van der Waals surface area contributed by atoms with E-state index < -0.39 is 0 Å². The lowest BCUT2D eigenvalue weighted by Gasteiger charge is -2.32. The van der Waals surface area contributed by atoms with Crippen molar-refractivity contribution in [3.63, 3.8) is 0 Å². The molecular formula is C30H27N5O3. The molecule has 1 fully saturated rings. The van der Waals surface area contributed by atoms with Gasteiger partial charge in [0, 0.05) is 37.3 Å². The third kappa shape index (κ3) is 4.99. The number of likely N-dealkylation sites (N-methyl/N-ethyl adjacent to an activating group) is 1. The number of piperazine rings is 1. The van der Waals surface area contributed by atoms with Crippen LogP contribution < -0.4 is 9.47 Å². The summed E-state index contributed by atoms with van der Waals surface area (Å²) in [6.45, 7) is 3.25. The van der Waals surface area contributed by atoms with Gasteiger partial charge in [-0.05, 0) is 55.6 Å². The minimum atomic E-state index is -0.0610. The Morgan fingerprint density at radius 3 is 2.42 bits per heavy atom. The highest BCUT2D eigenvalue weighted by molar-refractivity contribution is 6.46. The molecule has 1 amide bonds. The summed E-state index contributed by atoms with van der Waals surface area (Å²) in [5, 5.41) is 0. The van der Waals surface area contributed by atoms with E-state index in [0.717, 1.165) is 41.4 Å². The Bertz CT molecular complexity index is 1480. The molecule has 0 aliphatic carbocycles. The maximum atomic E-state index is 13.4. The lowest BCUT2D eigenvalue weighted by atomic mass is 10.1. The highest BCUT2D eigenvalue weighted by atomic mass is 16.5. The number of allylic oxidation sites excluding steroid dienone is 1. The number of aliphatic imine (C=N–C) groups is 3. The molecule has 38 heavy (non-hydrogen) atoms. The highest BCUT2D eigenvalue weighted by Crippen LogP contribution is 2.30. The first-order chi connectivity index (χ1) is 18.6. The Hall–Kier alpha value is -4.56. The first-order valence-electron chi connectivity index (χ1n) is 12.6. The van der Waals surface area contributed by atoms with Gasteiger partial charge < -0.3 is 19.3 Å². The van der Waals surface area contributed by atoms with Crippen molar-refractivity contribution in [2.24, 2.45) is 15.0 Å². The number of carbonyl (C=O) groups is 1. The molecule has 3 aromatic rings. The molecule has 190 valence electrons. The van der Waals surface area contributed by atoms with Crippen molar-refractivity contribution in [3.05, 3.63) is 96.3 Å². The quantitative estimate of drug-likeness (QED) is 0.529. The fourth-order valence-corrected chi connectivity index (χ4v) is 4.55. The number of benzene rings is 3. The maximum Gasteiger partial charge on any atom is 0.272 e. The SMILES string of the molecule is CN1CCN(C(=O)C2=NCC(Oc3ccc(C4=Nc5ccccc5OC=C4)cc3)=Nc3ccccc32)CC1. The molecule has 0 radical (unpaired) electrons. The average Bonchev–Trinajstić information content (AvgIpc) is 3.28. The first-order valence-corrected chi connectivity index (χ1v) is 12.6. The van der Waals surface area contributed by atoms with Crippen molar-refractivity contribution >= 4 is 34.6 Å². The normalized spacial score (nSPS) is 17.1. The Morgan fingerprint density at radius 2 is 1.61 bits per heavy atom. The topological polar surface area (TPSA) is 79.1 Å². The van der Waals surface area contributed by atoms with Crippen molar-refractivity contribution in [2.45, 2.75) is 0 Å². The van der Waals surface area contributed by atoms with Crippen LogP contribution in [0, 0.1) is 0 Å². The number of fused-ring (bicyclic) bond motifs is 2. The summed E-state index contributed by atoms with van der Waals surface area (Å²) in [7, 11) is 2.07. The van der Waals surface area contributed by atoms with Gasteiger partial charge in [0.05, 0.1) is 17.7 Å². The summed E-state index contributed by atoms with van der Waals surface area (Å²) < 4.78 is 11.8. The molecule has 6 rings (SSSR count). The lowest BCUT2D eigenvalue weighted by Crippen LogP contribution is -2.49. The van der Waals surface area contributed by atoms with E-state index in [1.54, 1.807) is 6.26 Å². The lowest BCUT2D eigenvalue weighted by molar-refractivity contribution is -0.125. The van der Waals surface area contributed by atoms with Crippen molar-refractivity contribution < 1.29 is 14.3 Å². The fraction of sp³-hybridized carbons (Fsp3) is 0.200. The standard InChI is InChI=1S/C30H27N5O3/c1-34-15-17-35(18-16-34)30(36)29-23-6-2-3-7-25(23)33-28(20-31-29)38-22-12-10-21(11-13-22)24-14-19-37-27-9-5-4-8-26(27)32-24/h2-14,19H,15-18,20H2,1H3. The number of rotatable bonds is 3. The summed E-state index contributed by atoms with van der Waals surface area (Å²) in [5.41, 5.74) is 4.34. The minimum Gasteiger partial charge on any atom is -0.463 e. The van der Waals surface area contributed by atoms with Crippen molar-refractivity contribution in [3.8, 4) is 11.5 Å². The number of nitrogens with zero attached hydrogens (tertiary/aromatic N) is 5. The molecule has 0 N–H and O–H groups in total. The monoisotopic (exact) mass is 505 g/mol. The van der Waals surface area contributed by atoms with Crippen LogP contribution in [-0.4, -0.2) is 72.8 Å². The van der Waals surface area contributed by atoms with E-state index in [2.05, 4.69) is 16.9 Å². The molecule has 1 saturated heterocycles. The Labute approximate surface area is 221 Å². The molecule has 3 aliphatic rings. The van der Waals surface area contributed by atoms with E-state index in [-0.39, 0.29) is 12.5 Å². The first kappa shape index (κ1) is 23.8. The van der Waals surface area contributed by atoms with Crippen LogP contribution in [0.5, 0.6) is 11.5 Å². The second-order valence-electron chi connectivity index (χ2n) is 9.29. The summed E-state index contributed by atoms with van der Waals surface area (Å²) >= 11 is 0. The van der Waals surface area contributed by atoms with Gasteiger partial charge >= 0.3 is 0 Å². The van der Waals surface area contributed by atoms with E-state index in [4.69, 9.17) is 19.5 Å². The van der Waals surface area contributed by atoms with Crippen LogP contribution in [0.25, 0.3) is 0 Å². The Morgan fingerprint density at radius 1 is 0.868 bits per heavy atom. The number of carbonyl (C=O) groups excluding carboxylic acids is 1. The Kier molecular flexibility index (Phi) is 6.54. The van der Waals surface area contributed by atoms with Gasteiger partial charge in [-0.1, -0.05) is 30.3 Å². The Balaban J connectivity index is 1.22. The van der Waals surface area contributed by atoms with Gasteiger partial charge in [0.25, 0.3) is 5.91 Å². The second kappa shape index (κ2) is 10.4. The molecule has 0 saturated carbocycles. The smallest absolute Gasteiger partial charge is 0.272 e. The van der Waals surface area contributed by atoms with Gasteiger partial charge in [-0.15, -0.1) is 0 Å². The van der Waals surface area contributed by atoms with E-state index >= 15 is 0 Å². The van der Waals surface area contributed by atoms with Crippen LogP contribution in [-0.2, 0) is 4.79 Å². The van der Waals surface area contributed by atoms with Gasteiger partial charge in [0.2, 0.25) is 5.90 Å². The zero-order valence-corrected chi connectivity index (χ0v) is 21.1. The predicted octanol–water partition coefficient (Wildman–Crippen LogP) is 4.40. The molecule has 3 aromatic carbocycles. The van der Waals surface area contributed by atoms with Crippen LogP contribution in [0.2, 0.25) is 0 Å². The molecule has 3 heterocycles. The van der Waals surface area contributed by atoms with E-state index in [1.165, 1.54) is 0 Å². The molecule has 0 atom stereocenters. The van der Waals surface area contributed by atoms with Crippen molar-refractivity contribution in [1.82, 2.24) is 9.80 Å². The molecular weight excluding hydrogens is 478 g/mol. The van der Waals surface area contributed by atoms with Gasteiger partial charge in [0.1, 0.15) is 23.7 Å². The number of amides is 1. The largest absolute Gasteiger partial charge is 0.463 e. The summed E-state index contributed by atoms with van der Waals surface area (Å²) in [6.07, 6.45) is 3.49. The number of hydrogen-bond donors (Lipinski definition) is 0. The second-order valence-corrected chi connectivity index (χ2v) is 9.29. The highest BCUT2D eigenvalue weighted by Gasteiger charge is 2.27. The number of para-hydroxylation sites is 3. The third-order valence-corrected chi connectivity index (χ3v) is 6.68. The molecule has 0 aromatic heterocycles. The average molecular weight is 506 g/mol. The summed E-state index contributed by atoms with van der Waals surface area (Å²) in [6, 6.07) is 22.9. The van der Waals surface area contributed by atoms with Gasteiger partial charge in [0.15, 0.2) is 5.75 Å². The van der Waals surface area contributed by atoms with E-state index in [9.17, 15) is 4.79 Å². The van der Waals surface area contributed by atoms with E-state index in [0.29, 0.717) is 36.1 Å². The van der Waals surface area contributed by atoms with Crippen LogP contribution in [0.3, 0.4) is 0 Å². The van der Waals surface area contributed by atoms with Gasteiger partial charge in [-0.25, -0.2) is 9.98 Å². The maximum absolute atomic E-state index is 13.4. The molecule has 8 heteroatoms. The van der Waals surface area contributed by atoms with Crippen molar-refractivity contribution in [1.29, 1.82) is 0 Å². The number of ether oxygens (including phenoxy) is 2. The zero-order chi connectivity index (χ0) is 25.9. The third-order valence-electron chi connectivity index (χ3n) is 6.68. The van der Waals surface area contributed by atoms with Gasteiger partial charge in [-0.3, -0.25) is 9.79 Å².